The zero-order valence-corrected chi connectivity index (χ0v) is 14.5. The Morgan fingerprint density at radius 2 is 1.95 bits per heavy atom. The molecular formula is C17H29N3O2. The molecule has 124 valence electrons. The van der Waals surface area contributed by atoms with Crippen LogP contribution in [0.4, 0.5) is 0 Å². The first-order valence-electron chi connectivity index (χ1n) is 7.78. The highest BCUT2D eigenvalue weighted by Crippen LogP contribution is 2.27. The van der Waals surface area contributed by atoms with Crippen molar-refractivity contribution in [3.8, 4) is 11.5 Å². The average Bonchev–Trinajstić information content (AvgIpc) is 2.56. The molecule has 5 heteroatoms. The summed E-state index contributed by atoms with van der Waals surface area (Å²) in [6.07, 6.45) is 3.26. The molecule has 5 nitrogen and oxygen atoms in total. The third-order valence-corrected chi connectivity index (χ3v) is 3.57. The van der Waals surface area contributed by atoms with E-state index >= 15 is 0 Å². The van der Waals surface area contributed by atoms with E-state index in [2.05, 4.69) is 35.2 Å². The lowest BCUT2D eigenvalue weighted by Gasteiger charge is -2.21. The Hall–Kier alpha value is -1.91. The van der Waals surface area contributed by atoms with E-state index in [1.165, 1.54) is 18.4 Å². The van der Waals surface area contributed by atoms with Crippen LogP contribution in [0.1, 0.15) is 25.3 Å². The fourth-order valence-electron chi connectivity index (χ4n) is 2.24. The minimum Gasteiger partial charge on any atom is -0.493 e. The molecule has 0 aliphatic rings. The molecule has 0 bridgehead atoms. The summed E-state index contributed by atoms with van der Waals surface area (Å²) in [4.78, 5) is 6.48. The van der Waals surface area contributed by atoms with Crippen molar-refractivity contribution in [2.24, 2.45) is 4.99 Å². The Bertz CT molecular complexity index is 475. The molecular weight excluding hydrogens is 278 g/mol. The van der Waals surface area contributed by atoms with Crippen molar-refractivity contribution in [2.45, 2.75) is 26.2 Å². The van der Waals surface area contributed by atoms with E-state index in [0.717, 1.165) is 37.0 Å². The van der Waals surface area contributed by atoms with Crippen LogP contribution in [-0.2, 0) is 6.42 Å². The molecule has 0 aromatic heterocycles. The molecule has 1 rings (SSSR count). The number of unbranched alkanes of at least 4 members (excludes halogenated alkanes) is 1. The SMILES string of the molecule is CCCCN(C)C(=NC)NCCc1ccc(OC)c(OC)c1. The van der Waals surface area contributed by atoms with Gasteiger partial charge in [0.05, 0.1) is 14.2 Å². The Morgan fingerprint density at radius 3 is 2.55 bits per heavy atom. The van der Waals surface area contributed by atoms with Crippen LogP contribution in [-0.4, -0.2) is 52.3 Å². The van der Waals surface area contributed by atoms with Gasteiger partial charge in [0.25, 0.3) is 0 Å². The van der Waals surface area contributed by atoms with Crippen molar-refractivity contribution >= 4 is 5.96 Å². The summed E-state index contributed by atoms with van der Waals surface area (Å²) < 4.78 is 10.6. The summed E-state index contributed by atoms with van der Waals surface area (Å²) in [7, 11) is 7.20. The number of nitrogens with one attached hydrogen (secondary N) is 1. The van der Waals surface area contributed by atoms with E-state index in [1.54, 1.807) is 14.2 Å². The topological polar surface area (TPSA) is 46.1 Å². The third kappa shape index (κ3) is 5.47. The van der Waals surface area contributed by atoms with Crippen LogP contribution in [0.15, 0.2) is 23.2 Å². The maximum atomic E-state index is 5.33. The molecule has 0 unspecified atom stereocenters. The standard InChI is InChI=1S/C17H29N3O2/c1-6-7-12-20(3)17(18-2)19-11-10-14-8-9-15(21-4)16(13-14)22-5/h8-9,13H,6-7,10-12H2,1-5H3,(H,18,19). The molecule has 1 aromatic rings. The fourth-order valence-corrected chi connectivity index (χ4v) is 2.24. The first kappa shape index (κ1) is 18.1. The molecule has 0 heterocycles. The second kappa shape index (κ2) is 9.92. The molecule has 0 amide bonds. The Balaban J connectivity index is 2.52. The number of hydrogen-bond acceptors (Lipinski definition) is 3. The summed E-state index contributed by atoms with van der Waals surface area (Å²) in [6, 6.07) is 6.02. The smallest absolute Gasteiger partial charge is 0.193 e. The number of aliphatic imine (C=N–C) groups is 1. The number of rotatable bonds is 8. The van der Waals surface area contributed by atoms with Gasteiger partial charge in [-0.3, -0.25) is 4.99 Å². The van der Waals surface area contributed by atoms with Gasteiger partial charge in [-0.2, -0.15) is 0 Å². The largest absolute Gasteiger partial charge is 0.493 e. The zero-order chi connectivity index (χ0) is 16.4. The lowest BCUT2D eigenvalue weighted by Crippen LogP contribution is -2.40. The van der Waals surface area contributed by atoms with Crippen LogP contribution in [0.3, 0.4) is 0 Å². The highest BCUT2D eigenvalue weighted by atomic mass is 16.5. The minimum absolute atomic E-state index is 0.759. The molecule has 22 heavy (non-hydrogen) atoms. The van der Waals surface area contributed by atoms with Gasteiger partial charge in [0, 0.05) is 27.2 Å². The van der Waals surface area contributed by atoms with Crippen molar-refractivity contribution in [3.05, 3.63) is 23.8 Å². The van der Waals surface area contributed by atoms with Gasteiger partial charge in [0.2, 0.25) is 0 Å². The molecule has 1 N–H and O–H groups in total. The maximum Gasteiger partial charge on any atom is 0.193 e. The van der Waals surface area contributed by atoms with E-state index in [4.69, 9.17) is 9.47 Å². The Kier molecular flexibility index (Phi) is 8.18. The highest BCUT2D eigenvalue weighted by molar-refractivity contribution is 5.79. The van der Waals surface area contributed by atoms with E-state index < -0.39 is 0 Å². The second-order valence-corrected chi connectivity index (χ2v) is 5.19. The maximum absolute atomic E-state index is 5.33. The predicted molar refractivity (Wildman–Crippen MR) is 92.1 cm³/mol. The van der Waals surface area contributed by atoms with Gasteiger partial charge in [0.1, 0.15) is 0 Å². The summed E-state index contributed by atoms with van der Waals surface area (Å²) >= 11 is 0. The molecule has 0 aliphatic heterocycles. The summed E-state index contributed by atoms with van der Waals surface area (Å²) in [6.45, 7) is 4.05. The predicted octanol–water partition coefficient (Wildman–Crippen LogP) is 2.55. The van der Waals surface area contributed by atoms with E-state index in [9.17, 15) is 0 Å². The normalized spacial score (nSPS) is 11.2. The van der Waals surface area contributed by atoms with Crippen LogP contribution in [0, 0.1) is 0 Å². The monoisotopic (exact) mass is 307 g/mol. The Labute approximate surface area is 134 Å². The molecule has 0 saturated carbocycles. The van der Waals surface area contributed by atoms with Crippen molar-refractivity contribution in [1.29, 1.82) is 0 Å². The number of ether oxygens (including phenoxy) is 2. The van der Waals surface area contributed by atoms with Crippen molar-refractivity contribution in [1.82, 2.24) is 10.2 Å². The van der Waals surface area contributed by atoms with Crippen LogP contribution >= 0.6 is 0 Å². The van der Waals surface area contributed by atoms with Gasteiger partial charge in [-0.05, 0) is 30.5 Å². The lowest BCUT2D eigenvalue weighted by atomic mass is 10.1. The van der Waals surface area contributed by atoms with Gasteiger partial charge in [-0.25, -0.2) is 0 Å². The van der Waals surface area contributed by atoms with Gasteiger partial charge in [-0.15, -0.1) is 0 Å². The van der Waals surface area contributed by atoms with Gasteiger partial charge in [0.15, 0.2) is 17.5 Å². The second-order valence-electron chi connectivity index (χ2n) is 5.19. The number of nitrogens with zero attached hydrogens (tertiary/aromatic N) is 2. The third-order valence-electron chi connectivity index (χ3n) is 3.57. The summed E-state index contributed by atoms with van der Waals surface area (Å²) in [5, 5.41) is 3.40. The summed E-state index contributed by atoms with van der Waals surface area (Å²) in [5.41, 5.74) is 1.21. The van der Waals surface area contributed by atoms with Gasteiger partial charge >= 0.3 is 0 Å². The van der Waals surface area contributed by atoms with Crippen molar-refractivity contribution < 1.29 is 9.47 Å². The van der Waals surface area contributed by atoms with E-state index in [1.807, 2.05) is 19.2 Å². The van der Waals surface area contributed by atoms with Gasteiger partial charge in [-0.1, -0.05) is 19.4 Å². The average molecular weight is 307 g/mol. The minimum atomic E-state index is 0.759. The number of methoxy groups -OCH3 is 2. The van der Waals surface area contributed by atoms with Crippen molar-refractivity contribution in [2.75, 3.05) is 41.4 Å². The van der Waals surface area contributed by atoms with Crippen LogP contribution in [0.25, 0.3) is 0 Å². The highest BCUT2D eigenvalue weighted by Gasteiger charge is 2.06. The zero-order valence-electron chi connectivity index (χ0n) is 14.5. The van der Waals surface area contributed by atoms with E-state index in [-0.39, 0.29) is 0 Å². The van der Waals surface area contributed by atoms with Gasteiger partial charge < -0.3 is 19.7 Å². The number of benzene rings is 1. The molecule has 1 aromatic carbocycles. The lowest BCUT2D eigenvalue weighted by molar-refractivity contribution is 0.354. The first-order valence-corrected chi connectivity index (χ1v) is 7.78. The number of guanidine groups is 1. The molecule has 0 radical (unpaired) electrons. The molecule has 0 saturated heterocycles. The number of hydrogen-bond donors (Lipinski definition) is 1. The fraction of sp³-hybridized carbons (Fsp3) is 0.588. The molecule has 0 fully saturated rings. The first-order chi connectivity index (χ1) is 10.7. The molecule has 0 aliphatic carbocycles. The Morgan fingerprint density at radius 1 is 1.23 bits per heavy atom. The van der Waals surface area contributed by atoms with Crippen LogP contribution in [0.5, 0.6) is 11.5 Å². The van der Waals surface area contributed by atoms with Crippen LogP contribution < -0.4 is 14.8 Å². The molecule has 0 spiro atoms. The molecule has 0 atom stereocenters. The summed E-state index contributed by atoms with van der Waals surface area (Å²) in [5.74, 6) is 2.47. The van der Waals surface area contributed by atoms with Crippen LogP contribution in [0.2, 0.25) is 0 Å². The van der Waals surface area contributed by atoms with Crippen molar-refractivity contribution in [3.63, 3.8) is 0 Å². The quantitative estimate of drug-likeness (QED) is 0.592. The van der Waals surface area contributed by atoms with E-state index in [0.29, 0.717) is 0 Å².